The van der Waals surface area contributed by atoms with E-state index in [1.54, 1.807) is 11.6 Å². The molecule has 0 saturated carbocycles. The molecule has 0 bridgehead atoms. The highest BCUT2D eigenvalue weighted by atomic mass is 35.5. The van der Waals surface area contributed by atoms with Crippen molar-refractivity contribution in [2.45, 2.75) is 0 Å². The van der Waals surface area contributed by atoms with Gasteiger partial charge in [0.15, 0.2) is 5.65 Å². The lowest BCUT2D eigenvalue weighted by atomic mass is 10.2. The summed E-state index contributed by atoms with van der Waals surface area (Å²) in [7, 11) is 0. The molecular weight excluding hydrogens is 299 g/mol. The Morgan fingerprint density at radius 3 is 2.95 bits per heavy atom. The van der Waals surface area contributed by atoms with E-state index in [0.717, 1.165) is 4.70 Å². The topological polar surface area (TPSA) is 61.6 Å². The number of halogens is 2. The molecule has 3 rings (SSSR count). The lowest BCUT2D eigenvalue weighted by molar-refractivity contribution is 0.628. The predicted molar refractivity (Wildman–Crippen MR) is 76.8 cm³/mol. The summed E-state index contributed by atoms with van der Waals surface area (Å²) in [6.45, 7) is 0. The van der Waals surface area contributed by atoms with Crippen molar-refractivity contribution in [1.29, 1.82) is 5.26 Å². The van der Waals surface area contributed by atoms with E-state index in [0.29, 0.717) is 22.6 Å². The monoisotopic (exact) mass is 304 g/mol. The summed E-state index contributed by atoms with van der Waals surface area (Å²) >= 11 is 7.12. The molecule has 0 fully saturated rings. The van der Waals surface area contributed by atoms with Crippen LogP contribution in [0.25, 0.3) is 10.3 Å². The molecule has 0 aliphatic rings. The van der Waals surface area contributed by atoms with E-state index < -0.39 is 5.82 Å². The molecule has 0 atom stereocenters. The van der Waals surface area contributed by atoms with Crippen molar-refractivity contribution in [3.8, 4) is 6.07 Å². The first-order valence-electron chi connectivity index (χ1n) is 5.53. The molecule has 0 unspecified atom stereocenters. The molecule has 1 N–H and O–H groups in total. The first-order valence-corrected chi connectivity index (χ1v) is 6.79. The van der Waals surface area contributed by atoms with Crippen molar-refractivity contribution in [3.63, 3.8) is 0 Å². The van der Waals surface area contributed by atoms with Gasteiger partial charge in [-0.2, -0.15) is 5.26 Å². The van der Waals surface area contributed by atoms with Crippen molar-refractivity contribution in [2.75, 3.05) is 5.32 Å². The largest absolute Gasteiger partial charge is 0.353 e. The second-order valence-electron chi connectivity index (χ2n) is 3.92. The fourth-order valence-corrected chi connectivity index (χ4v) is 2.67. The van der Waals surface area contributed by atoms with Crippen molar-refractivity contribution < 1.29 is 4.39 Å². The molecule has 0 amide bonds. The molecule has 0 aliphatic carbocycles. The number of thiazole rings is 1. The van der Waals surface area contributed by atoms with Crippen molar-refractivity contribution in [1.82, 2.24) is 9.97 Å². The maximum atomic E-state index is 13.2. The van der Waals surface area contributed by atoms with Gasteiger partial charge in [0.05, 0.1) is 26.5 Å². The van der Waals surface area contributed by atoms with Gasteiger partial charge in [0.2, 0.25) is 0 Å². The number of pyridine rings is 1. The third-order valence-corrected chi connectivity index (χ3v) is 3.79. The van der Waals surface area contributed by atoms with E-state index in [2.05, 4.69) is 21.4 Å². The Bertz CT molecular complexity index is 840. The number of aromatic nitrogens is 2. The molecule has 4 nitrogen and oxygen atoms in total. The third kappa shape index (κ3) is 2.18. The number of nitriles is 1. The highest BCUT2D eigenvalue weighted by molar-refractivity contribution is 7.17. The zero-order valence-corrected chi connectivity index (χ0v) is 11.5. The molecule has 0 radical (unpaired) electrons. The van der Waals surface area contributed by atoms with E-state index in [9.17, 15) is 4.39 Å². The smallest absolute Gasteiger partial charge is 0.172 e. The Balaban J connectivity index is 2.11. The molecular formula is C13H6ClFN4S. The highest BCUT2D eigenvalue weighted by Gasteiger charge is 2.12. The SMILES string of the molecule is N#Cc1cnc2ncsc2c1Nc1ccc(F)c(Cl)c1. The average Bonchev–Trinajstić information content (AvgIpc) is 2.92. The van der Waals surface area contributed by atoms with E-state index in [-0.39, 0.29) is 5.02 Å². The summed E-state index contributed by atoms with van der Waals surface area (Å²) < 4.78 is 13.9. The Labute approximate surface area is 122 Å². The first-order chi connectivity index (χ1) is 9.69. The van der Waals surface area contributed by atoms with Gasteiger partial charge < -0.3 is 5.32 Å². The van der Waals surface area contributed by atoms with Crippen LogP contribution in [0.2, 0.25) is 5.02 Å². The molecule has 0 saturated heterocycles. The second-order valence-corrected chi connectivity index (χ2v) is 5.18. The second kappa shape index (κ2) is 5.04. The zero-order valence-electron chi connectivity index (χ0n) is 9.89. The van der Waals surface area contributed by atoms with Gasteiger partial charge >= 0.3 is 0 Å². The Kier molecular flexibility index (Phi) is 3.22. The summed E-state index contributed by atoms with van der Waals surface area (Å²) in [5.41, 5.74) is 3.80. The van der Waals surface area contributed by atoms with Crippen LogP contribution in [-0.2, 0) is 0 Å². The van der Waals surface area contributed by atoms with Crippen LogP contribution < -0.4 is 5.32 Å². The van der Waals surface area contributed by atoms with E-state index in [4.69, 9.17) is 16.9 Å². The van der Waals surface area contributed by atoms with Crippen molar-refractivity contribution in [3.05, 3.63) is 46.3 Å². The van der Waals surface area contributed by atoms with Gasteiger partial charge in [-0.25, -0.2) is 14.4 Å². The van der Waals surface area contributed by atoms with Crippen molar-refractivity contribution >= 4 is 44.7 Å². The summed E-state index contributed by atoms with van der Waals surface area (Å²) in [5.74, 6) is -0.490. The van der Waals surface area contributed by atoms with E-state index in [1.165, 1.54) is 29.7 Å². The normalized spacial score (nSPS) is 10.4. The lowest BCUT2D eigenvalue weighted by Crippen LogP contribution is -1.96. The lowest BCUT2D eigenvalue weighted by Gasteiger charge is -2.09. The number of benzene rings is 1. The molecule has 0 aliphatic heterocycles. The number of hydrogen-bond donors (Lipinski definition) is 1. The number of nitrogens with zero attached hydrogens (tertiary/aromatic N) is 3. The van der Waals surface area contributed by atoms with E-state index in [1.807, 2.05) is 0 Å². The van der Waals surface area contributed by atoms with Crippen LogP contribution in [0, 0.1) is 17.1 Å². The van der Waals surface area contributed by atoms with Gasteiger partial charge in [0.1, 0.15) is 11.9 Å². The third-order valence-electron chi connectivity index (χ3n) is 2.67. The first kappa shape index (κ1) is 12.8. The van der Waals surface area contributed by atoms with Crippen LogP contribution >= 0.6 is 22.9 Å². The predicted octanol–water partition coefficient (Wildman–Crippen LogP) is 4.10. The molecule has 20 heavy (non-hydrogen) atoms. The molecule has 98 valence electrons. The quantitative estimate of drug-likeness (QED) is 0.774. The summed E-state index contributed by atoms with van der Waals surface area (Å²) in [5, 5.41) is 12.3. The molecule has 2 heterocycles. The molecule has 0 spiro atoms. The minimum absolute atomic E-state index is 0.0168. The van der Waals surface area contributed by atoms with Gasteiger partial charge in [-0.05, 0) is 18.2 Å². The van der Waals surface area contributed by atoms with Gasteiger partial charge in [-0.3, -0.25) is 0 Å². The Hall–Kier alpha value is -2.23. The summed E-state index contributed by atoms with van der Waals surface area (Å²) in [4.78, 5) is 8.20. The van der Waals surface area contributed by atoms with Crippen LogP contribution in [0.1, 0.15) is 5.56 Å². The van der Waals surface area contributed by atoms with Crippen LogP contribution in [0.15, 0.2) is 29.9 Å². The fourth-order valence-electron chi connectivity index (χ4n) is 1.74. The minimum atomic E-state index is -0.490. The average molecular weight is 305 g/mol. The van der Waals surface area contributed by atoms with E-state index >= 15 is 0 Å². The Morgan fingerprint density at radius 2 is 2.20 bits per heavy atom. The van der Waals surface area contributed by atoms with Gasteiger partial charge in [0, 0.05) is 11.9 Å². The fraction of sp³-hybridized carbons (Fsp3) is 0. The van der Waals surface area contributed by atoms with Crippen LogP contribution in [0.4, 0.5) is 15.8 Å². The van der Waals surface area contributed by atoms with Crippen molar-refractivity contribution in [2.24, 2.45) is 0 Å². The number of nitrogens with one attached hydrogen (secondary N) is 1. The summed E-state index contributed by atoms with van der Waals surface area (Å²) in [6.07, 6.45) is 1.45. The van der Waals surface area contributed by atoms with Crippen LogP contribution in [0.5, 0.6) is 0 Å². The number of fused-ring (bicyclic) bond motifs is 1. The van der Waals surface area contributed by atoms with Gasteiger partial charge in [0.25, 0.3) is 0 Å². The maximum absolute atomic E-state index is 13.2. The van der Waals surface area contributed by atoms with Gasteiger partial charge in [-0.15, -0.1) is 11.3 Å². The number of anilines is 2. The number of rotatable bonds is 2. The standard InChI is InChI=1S/C13H6ClFN4S/c14-9-3-8(1-2-10(9)15)19-11-7(4-16)5-17-13-12(11)20-6-18-13/h1-3,5-6H,(H,17,19). The molecule has 7 heteroatoms. The molecule has 2 aromatic heterocycles. The molecule has 3 aromatic rings. The minimum Gasteiger partial charge on any atom is -0.353 e. The highest BCUT2D eigenvalue weighted by Crippen LogP contribution is 2.32. The van der Waals surface area contributed by atoms with Gasteiger partial charge in [-0.1, -0.05) is 11.6 Å². The van der Waals surface area contributed by atoms with Crippen LogP contribution in [0.3, 0.4) is 0 Å². The Morgan fingerprint density at radius 1 is 1.35 bits per heavy atom. The van der Waals surface area contributed by atoms with Crippen LogP contribution in [-0.4, -0.2) is 9.97 Å². The maximum Gasteiger partial charge on any atom is 0.172 e. The molecule has 1 aromatic carbocycles. The zero-order chi connectivity index (χ0) is 14.1. The number of hydrogen-bond acceptors (Lipinski definition) is 5. The summed E-state index contributed by atoms with van der Waals surface area (Å²) in [6, 6.07) is 6.35.